The number of nitrogens with zero attached hydrogens (tertiary/aromatic N) is 2. The summed E-state index contributed by atoms with van der Waals surface area (Å²) in [4.78, 5) is 4.48. The Labute approximate surface area is 151 Å². The van der Waals surface area contributed by atoms with Gasteiger partial charge in [-0.25, -0.2) is 0 Å². The van der Waals surface area contributed by atoms with Gasteiger partial charge < -0.3 is 14.0 Å². The molecule has 0 atom stereocenters. The number of ether oxygens (including phenoxy) is 2. The molecular formula is C19H20N2O3S. The monoisotopic (exact) mass is 356 g/mol. The Hall–Kier alpha value is -2.47. The highest BCUT2D eigenvalue weighted by molar-refractivity contribution is 7.97. The van der Waals surface area contributed by atoms with Crippen LogP contribution in [0, 0.1) is 6.92 Å². The number of methoxy groups -OCH3 is 2. The van der Waals surface area contributed by atoms with Gasteiger partial charge in [0, 0.05) is 11.8 Å². The highest BCUT2D eigenvalue weighted by Crippen LogP contribution is 2.32. The summed E-state index contributed by atoms with van der Waals surface area (Å²) in [6.45, 7) is 2.12. The highest BCUT2D eigenvalue weighted by atomic mass is 32.2. The average molecular weight is 356 g/mol. The molecule has 0 aliphatic rings. The molecule has 130 valence electrons. The molecule has 2 aromatic carbocycles. The number of benzene rings is 2. The van der Waals surface area contributed by atoms with Gasteiger partial charge in [0.05, 0.1) is 25.5 Å². The number of aromatic nitrogens is 2. The van der Waals surface area contributed by atoms with E-state index in [0.29, 0.717) is 23.2 Å². The minimum atomic E-state index is 0.519. The summed E-state index contributed by atoms with van der Waals surface area (Å²) >= 11 is 1.75. The third kappa shape index (κ3) is 4.14. The fourth-order valence-corrected chi connectivity index (χ4v) is 3.36. The summed E-state index contributed by atoms with van der Waals surface area (Å²) < 4.78 is 16.0. The Morgan fingerprint density at radius 3 is 2.64 bits per heavy atom. The maximum atomic E-state index is 5.40. The van der Waals surface area contributed by atoms with E-state index in [1.54, 1.807) is 32.0 Å². The first-order valence-corrected chi connectivity index (χ1v) is 9.04. The van der Waals surface area contributed by atoms with Gasteiger partial charge >= 0.3 is 0 Å². The van der Waals surface area contributed by atoms with Gasteiger partial charge in [0.1, 0.15) is 11.5 Å². The molecule has 6 heteroatoms. The molecule has 5 nitrogen and oxygen atoms in total. The molecule has 0 N–H and O–H groups in total. The maximum absolute atomic E-state index is 5.40. The zero-order valence-electron chi connectivity index (χ0n) is 14.5. The molecule has 0 fully saturated rings. The quantitative estimate of drug-likeness (QED) is 0.621. The predicted octanol–water partition coefficient (Wildman–Crippen LogP) is 4.50. The van der Waals surface area contributed by atoms with E-state index >= 15 is 0 Å². The van der Waals surface area contributed by atoms with Crippen molar-refractivity contribution >= 4 is 11.8 Å². The Morgan fingerprint density at radius 1 is 1.04 bits per heavy atom. The molecule has 0 saturated carbocycles. The van der Waals surface area contributed by atoms with Crippen molar-refractivity contribution in [3.63, 3.8) is 0 Å². The fourth-order valence-electron chi connectivity index (χ4n) is 2.43. The van der Waals surface area contributed by atoms with Crippen molar-refractivity contribution in [2.45, 2.75) is 18.4 Å². The van der Waals surface area contributed by atoms with Crippen LogP contribution in [0.25, 0.3) is 11.4 Å². The Morgan fingerprint density at radius 2 is 1.88 bits per heavy atom. The maximum Gasteiger partial charge on any atom is 0.236 e. The van der Waals surface area contributed by atoms with Crippen LogP contribution in [0.4, 0.5) is 0 Å². The van der Waals surface area contributed by atoms with Crippen LogP contribution >= 0.6 is 11.8 Å². The van der Waals surface area contributed by atoms with Crippen LogP contribution in [-0.4, -0.2) is 24.4 Å². The number of aryl methyl sites for hydroxylation is 1. The Kier molecular flexibility index (Phi) is 5.60. The first kappa shape index (κ1) is 17.4. The van der Waals surface area contributed by atoms with Gasteiger partial charge in [0.25, 0.3) is 0 Å². The third-order valence-corrected chi connectivity index (χ3v) is 4.83. The van der Waals surface area contributed by atoms with Crippen LogP contribution in [0.2, 0.25) is 0 Å². The number of hydrogen-bond donors (Lipinski definition) is 0. The van der Waals surface area contributed by atoms with E-state index in [9.17, 15) is 0 Å². The van der Waals surface area contributed by atoms with Gasteiger partial charge in [-0.3, -0.25) is 0 Å². The summed E-state index contributed by atoms with van der Waals surface area (Å²) in [5.41, 5.74) is 3.40. The van der Waals surface area contributed by atoms with Crippen molar-refractivity contribution < 1.29 is 14.0 Å². The van der Waals surface area contributed by atoms with E-state index in [1.165, 1.54) is 11.1 Å². The zero-order chi connectivity index (χ0) is 17.6. The van der Waals surface area contributed by atoms with Gasteiger partial charge in [0.2, 0.25) is 11.7 Å². The van der Waals surface area contributed by atoms with E-state index < -0.39 is 0 Å². The molecule has 0 aliphatic heterocycles. The smallest absolute Gasteiger partial charge is 0.236 e. The molecule has 1 aromatic heterocycles. The van der Waals surface area contributed by atoms with E-state index in [4.69, 9.17) is 14.0 Å². The summed E-state index contributed by atoms with van der Waals surface area (Å²) in [5, 5.41) is 4.07. The predicted molar refractivity (Wildman–Crippen MR) is 99.0 cm³/mol. The fraction of sp³-hybridized carbons (Fsp3) is 0.263. The van der Waals surface area contributed by atoms with Gasteiger partial charge in [-0.15, -0.1) is 11.8 Å². The molecule has 0 aliphatic carbocycles. The lowest BCUT2D eigenvalue weighted by molar-refractivity contribution is 0.388. The second-order valence-electron chi connectivity index (χ2n) is 5.50. The normalized spacial score (nSPS) is 10.7. The number of thioether (sulfide) groups is 1. The molecule has 0 radical (unpaired) electrons. The van der Waals surface area contributed by atoms with Crippen LogP contribution in [-0.2, 0) is 11.5 Å². The van der Waals surface area contributed by atoms with Gasteiger partial charge in [-0.05, 0) is 30.2 Å². The lowest BCUT2D eigenvalue weighted by Gasteiger charge is -2.07. The molecule has 3 rings (SSSR count). The number of hydrogen-bond acceptors (Lipinski definition) is 6. The first-order valence-electron chi connectivity index (χ1n) is 7.88. The molecule has 0 amide bonds. The minimum absolute atomic E-state index is 0.519. The molecule has 0 bridgehead atoms. The van der Waals surface area contributed by atoms with Crippen molar-refractivity contribution in [1.29, 1.82) is 0 Å². The summed E-state index contributed by atoms with van der Waals surface area (Å²) in [6, 6.07) is 13.9. The Balaban J connectivity index is 1.67. The van der Waals surface area contributed by atoms with Crippen molar-refractivity contribution in [2.75, 3.05) is 14.2 Å². The molecular weight excluding hydrogens is 336 g/mol. The van der Waals surface area contributed by atoms with Crippen molar-refractivity contribution in [3.8, 4) is 22.9 Å². The first-order chi connectivity index (χ1) is 12.2. The summed E-state index contributed by atoms with van der Waals surface area (Å²) in [6.07, 6.45) is 0. The second-order valence-corrected chi connectivity index (χ2v) is 6.48. The molecule has 0 spiro atoms. The summed E-state index contributed by atoms with van der Waals surface area (Å²) in [7, 11) is 3.23. The van der Waals surface area contributed by atoms with Crippen molar-refractivity contribution in [2.24, 2.45) is 0 Å². The van der Waals surface area contributed by atoms with Gasteiger partial charge in [-0.2, -0.15) is 4.98 Å². The van der Waals surface area contributed by atoms with Gasteiger partial charge in [0.15, 0.2) is 0 Å². The SMILES string of the molecule is COc1ccc(-c2noc(CSCc3ccccc3C)n2)c(OC)c1. The van der Waals surface area contributed by atoms with Gasteiger partial charge in [-0.1, -0.05) is 29.4 Å². The van der Waals surface area contributed by atoms with E-state index in [-0.39, 0.29) is 0 Å². The molecule has 1 heterocycles. The molecule has 0 saturated heterocycles. The van der Waals surface area contributed by atoms with Crippen LogP contribution in [0.3, 0.4) is 0 Å². The standard InChI is InChI=1S/C19H20N2O3S/c1-13-6-4-5-7-14(13)11-25-12-18-20-19(21-24-18)16-9-8-15(22-2)10-17(16)23-3/h4-10H,11-12H2,1-3H3. The Bertz CT molecular complexity index is 848. The highest BCUT2D eigenvalue weighted by Gasteiger charge is 2.14. The lowest BCUT2D eigenvalue weighted by Crippen LogP contribution is -1.92. The van der Waals surface area contributed by atoms with Crippen LogP contribution < -0.4 is 9.47 Å². The van der Waals surface area contributed by atoms with Crippen LogP contribution in [0.5, 0.6) is 11.5 Å². The van der Waals surface area contributed by atoms with Crippen molar-refractivity contribution in [1.82, 2.24) is 10.1 Å². The zero-order valence-corrected chi connectivity index (χ0v) is 15.3. The van der Waals surface area contributed by atoms with Crippen LogP contribution in [0.15, 0.2) is 47.0 Å². The molecule has 25 heavy (non-hydrogen) atoms. The largest absolute Gasteiger partial charge is 0.497 e. The average Bonchev–Trinajstić information content (AvgIpc) is 3.11. The second kappa shape index (κ2) is 8.07. The topological polar surface area (TPSA) is 57.4 Å². The summed E-state index contributed by atoms with van der Waals surface area (Å²) in [5.74, 6) is 4.07. The minimum Gasteiger partial charge on any atom is -0.497 e. The van der Waals surface area contributed by atoms with E-state index in [1.807, 2.05) is 12.1 Å². The van der Waals surface area contributed by atoms with E-state index in [2.05, 4.69) is 41.3 Å². The van der Waals surface area contributed by atoms with Crippen LogP contribution in [0.1, 0.15) is 17.0 Å². The molecule has 0 unspecified atom stereocenters. The molecule has 3 aromatic rings. The van der Waals surface area contributed by atoms with E-state index in [0.717, 1.165) is 17.1 Å². The third-order valence-electron chi connectivity index (χ3n) is 3.86. The number of rotatable bonds is 7. The van der Waals surface area contributed by atoms with Crippen molar-refractivity contribution in [3.05, 3.63) is 59.5 Å². The lowest BCUT2D eigenvalue weighted by atomic mass is 10.1.